The molecule has 0 bridgehead atoms. The first kappa shape index (κ1) is 18.4. The number of carbonyl (C=O) groups is 3. The smallest absolute Gasteiger partial charge is 0.329 e. The van der Waals surface area contributed by atoms with Crippen molar-refractivity contribution >= 4 is 17.8 Å². The van der Waals surface area contributed by atoms with Crippen molar-refractivity contribution in [1.29, 1.82) is 0 Å². The number of primary amides is 1. The first-order valence-electron chi connectivity index (χ1n) is 7.64. The summed E-state index contributed by atoms with van der Waals surface area (Å²) in [6.07, 6.45) is 3.61. The summed E-state index contributed by atoms with van der Waals surface area (Å²) in [7, 11) is 0. The van der Waals surface area contributed by atoms with Crippen LogP contribution in [0, 0.1) is 0 Å². The van der Waals surface area contributed by atoms with E-state index in [1.54, 1.807) is 20.8 Å². The van der Waals surface area contributed by atoms with Gasteiger partial charge in [0.05, 0.1) is 12.0 Å². The first-order chi connectivity index (χ1) is 10.0. The molecule has 1 atom stereocenters. The lowest BCUT2D eigenvalue weighted by atomic mass is 9.81. The van der Waals surface area contributed by atoms with Gasteiger partial charge in [-0.05, 0) is 33.6 Å². The van der Waals surface area contributed by atoms with E-state index in [-0.39, 0.29) is 6.42 Å². The van der Waals surface area contributed by atoms with Gasteiger partial charge < -0.3 is 21.5 Å². The summed E-state index contributed by atoms with van der Waals surface area (Å²) in [6.45, 7) is 5.12. The Morgan fingerprint density at radius 1 is 1.18 bits per heavy atom. The summed E-state index contributed by atoms with van der Waals surface area (Å²) >= 11 is 0. The first-order valence-corrected chi connectivity index (χ1v) is 7.64. The van der Waals surface area contributed by atoms with E-state index in [0.29, 0.717) is 12.8 Å². The van der Waals surface area contributed by atoms with Crippen molar-refractivity contribution in [1.82, 2.24) is 5.32 Å². The maximum Gasteiger partial charge on any atom is 0.329 e. The SMILES string of the molecule is CC(C)(C)OC(=O)[C@H](CC(N)=O)NC(=O)C1(N)CCCCC1. The van der Waals surface area contributed by atoms with E-state index in [1.807, 2.05) is 0 Å². The zero-order valence-electron chi connectivity index (χ0n) is 13.6. The standard InChI is InChI=1S/C15H27N3O4/c1-14(2,3)22-12(20)10(9-11(16)19)18-13(21)15(17)7-5-4-6-8-15/h10H,4-9,17H2,1-3H3,(H2,16,19)(H,18,21)/t10-/m0/s1. The van der Waals surface area contributed by atoms with Crippen LogP contribution >= 0.6 is 0 Å². The molecule has 7 heteroatoms. The largest absolute Gasteiger partial charge is 0.458 e. The highest BCUT2D eigenvalue weighted by atomic mass is 16.6. The number of hydrogen-bond donors (Lipinski definition) is 3. The molecule has 0 radical (unpaired) electrons. The fourth-order valence-corrected chi connectivity index (χ4v) is 2.48. The second-order valence-corrected chi connectivity index (χ2v) is 6.95. The van der Waals surface area contributed by atoms with Crippen LogP contribution in [-0.2, 0) is 19.1 Å². The summed E-state index contributed by atoms with van der Waals surface area (Å²) in [5.41, 5.74) is 9.57. The lowest BCUT2D eigenvalue weighted by molar-refractivity contribution is -0.160. The normalized spacial score (nSPS) is 19.1. The van der Waals surface area contributed by atoms with Crippen molar-refractivity contribution in [3.8, 4) is 0 Å². The highest BCUT2D eigenvalue weighted by molar-refractivity contribution is 5.92. The van der Waals surface area contributed by atoms with E-state index >= 15 is 0 Å². The molecule has 0 aliphatic heterocycles. The molecule has 1 fully saturated rings. The van der Waals surface area contributed by atoms with Crippen LogP contribution in [0.15, 0.2) is 0 Å². The summed E-state index contributed by atoms with van der Waals surface area (Å²) < 4.78 is 5.22. The van der Waals surface area contributed by atoms with Gasteiger partial charge in [-0.25, -0.2) is 4.79 Å². The molecular formula is C15H27N3O4. The van der Waals surface area contributed by atoms with Crippen LogP contribution < -0.4 is 16.8 Å². The predicted octanol–water partition coefficient (Wildman–Crippen LogP) is 0.350. The van der Waals surface area contributed by atoms with Crippen molar-refractivity contribution in [2.75, 3.05) is 0 Å². The Morgan fingerprint density at radius 3 is 2.18 bits per heavy atom. The number of carbonyl (C=O) groups excluding carboxylic acids is 3. The minimum absolute atomic E-state index is 0.309. The average molecular weight is 313 g/mol. The molecule has 1 saturated carbocycles. The Labute approximate surface area is 131 Å². The second kappa shape index (κ2) is 7.09. The van der Waals surface area contributed by atoms with Gasteiger partial charge in [0.15, 0.2) is 0 Å². The second-order valence-electron chi connectivity index (χ2n) is 6.95. The number of nitrogens with one attached hydrogen (secondary N) is 1. The van der Waals surface area contributed by atoms with Crippen molar-refractivity contribution in [2.24, 2.45) is 11.5 Å². The fraction of sp³-hybridized carbons (Fsp3) is 0.800. The topological polar surface area (TPSA) is 125 Å². The number of esters is 1. The Morgan fingerprint density at radius 2 is 1.73 bits per heavy atom. The quantitative estimate of drug-likeness (QED) is 0.632. The van der Waals surface area contributed by atoms with Crippen LogP contribution in [0.3, 0.4) is 0 Å². The highest BCUT2D eigenvalue weighted by Crippen LogP contribution is 2.26. The molecule has 0 saturated heterocycles. The van der Waals surface area contributed by atoms with E-state index in [4.69, 9.17) is 16.2 Å². The van der Waals surface area contributed by atoms with Crippen LogP contribution in [0.1, 0.15) is 59.3 Å². The van der Waals surface area contributed by atoms with Crippen LogP contribution in [0.25, 0.3) is 0 Å². The number of amides is 2. The van der Waals surface area contributed by atoms with Gasteiger partial charge in [-0.2, -0.15) is 0 Å². The minimum atomic E-state index is -1.11. The van der Waals surface area contributed by atoms with E-state index in [9.17, 15) is 14.4 Å². The molecule has 2 amide bonds. The molecule has 0 heterocycles. The monoisotopic (exact) mass is 313 g/mol. The van der Waals surface area contributed by atoms with Crippen molar-refractivity contribution in [3.05, 3.63) is 0 Å². The number of rotatable bonds is 5. The highest BCUT2D eigenvalue weighted by Gasteiger charge is 2.38. The van der Waals surface area contributed by atoms with Gasteiger partial charge in [0.2, 0.25) is 11.8 Å². The summed E-state index contributed by atoms with van der Waals surface area (Å²) in [5.74, 6) is -1.80. The Balaban J connectivity index is 2.77. The minimum Gasteiger partial charge on any atom is -0.458 e. The maximum atomic E-state index is 12.4. The van der Waals surface area contributed by atoms with Crippen LogP contribution in [0.5, 0.6) is 0 Å². The van der Waals surface area contributed by atoms with Gasteiger partial charge in [0.25, 0.3) is 0 Å². The molecule has 22 heavy (non-hydrogen) atoms. The summed E-state index contributed by atoms with van der Waals surface area (Å²) in [4.78, 5) is 35.7. The number of hydrogen-bond acceptors (Lipinski definition) is 5. The molecule has 0 aromatic heterocycles. The Bertz CT molecular complexity index is 437. The zero-order chi connectivity index (χ0) is 17.0. The van der Waals surface area contributed by atoms with Gasteiger partial charge in [-0.1, -0.05) is 19.3 Å². The predicted molar refractivity (Wildman–Crippen MR) is 81.6 cm³/mol. The van der Waals surface area contributed by atoms with Gasteiger partial charge in [-0.3, -0.25) is 9.59 Å². The Kier molecular flexibility index (Phi) is 5.93. The molecule has 0 unspecified atom stereocenters. The van der Waals surface area contributed by atoms with Gasteiger partial charge in [-0.15, -0.1) is 0 Å². The fourth-order valence-electron chi connectivity index (χ4n) is 2.48. The van der Waals surface area contributed by atoms with Crippen LogP contribution in [0.4, 0.5) is 0 Å². The molecule has 7 nitrogen and oxygen atoms in total. The summed E-state index contributed by atoms with van der Waals surface area (Å²) in [6, 6.07) is -1.11. The number of nitrogens with two attached hydrogens (primary N) is 2. The average Bonchev–Trinajstić information content (AvgIpc) is 2.36. The molecule has 0 aromatic carbocycles. The molecule has 1 rings (SSSR count). The van der Waals surface area contributed by atoms with Crippen molar-refractivity contribution in [3.63, 3.8) is 0 Å². The lowest BCUT2D eigenvalue weighted by Gasteiger charge is -2.33. The third kappa shape index (κ3) is 5.63. The molecule has 1 aliphatic rings. The maximum absolute atomic E-state index is 12.4. The molecule has 126 valence electrons. The van der Waals surface area contributed by atoms with Crippen LogP contribution in [0.2, 0.25) is 0 Å². The van der Waals surface area contributed by atoms with E-state index < -0.39 is 35.0 Å². The van der Waals surface area contributed by atoms with Crippen molar-refractivity contribution < 1.29 is 19.1 Å². The van der Waals surface area contributed by atoms with Gasteiger partial charge >= 0.3 is 5.97 Å². The molecule has 5 N–H and O–H groups in total. The third-order valence-electron chi connectivity index (χ3n) is 3.60. The molecule has 0 spiro atoms. The number of ether oxygens (including phenoxy) is 1. The van der Waals surface area contributed by atoms with E-state index in [1.165, 1.54) is 0 Å². The molecular weight excluding hydrogens is 286 g/mol. The van der Waals surface area contributed by atoms with E-state index in [0.717, 1.165) is 19.3 Å². The Hall–Kier alpha value is -1.63. The molecule has 0 aromatic rings. The van der Waals surface area contributed by atoms with Crippen molar-refractivity contribution in [2.45, 2.75) is 76.5 Å². The zero-order valence-corrected chi connectivity index (χ0v) is 13.6. The molecule has 1 aliphatic carbocycles. The van der Waals surface area contributed by atoms with Gasteiger partial charge in [0, 0.05) is 0 Å². The third-order valence-corrected chi connectivity index (χ3v) is 3.60. The van der Waals surface area contributed by atoms with Crippen LogP contribution in [-0.4, -0.2) is 35.0 Å². The van der Waals surface area contributed by atoms with E-state index in [2.05, 4.69) is 5.32 Å². The lowest BCUT2D eigenvalue weighted by Crippen LogP contribution is -2.59. The van der Waals surface area contributed by atoms with Gasteiger partial charge in [0.1, 0.15) is 11.6 Å². The summed E-state index contributed by atoms with van der Waals surface area (Å²) in [5, 5.41) is 2.54.